The molecule has 0 saturated heterocycles. The standard InChI is InChI=1S/C23H25ClSi/c1-16-11-17(2)13-22(12-16)25(24,21-9-7-6-8-10-21)23-14-18(3)20(5)19(4)15-23/h6-15H,1-5H3. The van der Waals surface area contributed by atoms with E-state index in [1.165, 1.54) is 43.4 Å². The van der Waals surface area contributed by atoms with E-state index in [2.05, 4.69) is 95.3 Å². The monoisotopic (exact) mass is 364 g/mol. The van der Waals surface area contributed by atoms with Crippen molar-refractivity contribution in [1.82, 2.24) is 0 Å². The summed E-state index contributed by atoms with van der Waals surface area (Å²) >= 11 is 7.59. The molecule has 0 aliphatic carbocycles. The Balaban J connectivity index is 2.34. The van der Waals surface area contributed by atoms with Gasteiger partial charge in [0, 0.05) is 0 Å². The van der Waals surface area contributed by atoms with E-state index in [1.54, 1.807) is 0 Å². The van der Waals surface area contributed by atoms with Crippen LogP contribution in [0.3, 0.4) is 0 Å². The lowest BCUT2D eigenvalue weighted by molar-refractivity contribution is 1.28. The third-order valence-corrected chi connectivity index (χ3v) is 10.4. The minimum absolute atomic E-state index is 1.24. The Morgan fingerprint density at radius 1 is 0.600 bits per heavy atom. The van der Waals surface area contributed by atoms with Crippen LogP contribution < -0.4 is 15.6 Å². The van der Waals surface area contributed by atoms with Gasteiger partial charge in [-0.15, -0.1) is 11.1 Å². The molecular formula is C23H25ClSi. The first-order valence-corrected chi connectivity index (χ1v) is 11.7. The fourth-order valence-corrected chi connectivity index (χ4v) is 7.94. The number of halogens is 1. The Bertz CT molecular complexity index is 871. The van der Waals surface area contributed by atoms with Gasteiger partial charge in [-0.1, -0.05) is 71.8 Å². The summed E-state index contributed by atoms with van der Waals surface area (Å²) < 4.78 is 0. The van der Waals surface area contributed by atoms with Crippen molar-refractivity contribution in [2.75, 3.05) is 0 Å². The van der Waals surface area contributed by atoms with E-state index in [-0.39, 0.29) is 0 Å². The van der Waals surface area contributed by atoms with E-state index in [1.807, 2.05) is 0 Å². The van der Waals surface area contributed by atoms with Gasteiger partial charge in [-0.05, 0) is 66.9 Å². The molecule has 1 atom stereocenters. The summed E-state index contributed by atoms with van der Waals surface area (Å²) in [5.41, 5.74) is 6.51. The first kappa shape index (κ1) is 18.0. The van der Waals surface area contributed by atoms with Gasteiger partial charge in [0.2, 0.25) is 7.38 Å². The highest BCUT2D eigenvalue weighted by atomic mass is 35.6. The molecular weight excluding hydrogens is 340 g/mol. The highest BCUT2D eigenvalue weighted by molar-refractivity contribution is 7.40. The predicted octanol–water partition coefficient (Wildman–Crippen LogP) is 4.43. The number of hydrogen-bond donors (Lipinski definition) is 0. The van der Waals surface area contributed by atoms with Crippen LogP contribution >= 0.6 is 11.1 Å². The van der Waals surface area contributed by atoms with E-state index < -0.39 is 7.38 Å². The molecule has 3 rings (SSSR count). The maximum absolute atomic E-state index is 7.59. The number of rotatable bonds is 3. The molecule has 0 heterocycles. The van der Waals surface area contributed by atoms with Crippen molar-refractivity contribution >= 4 is 34.0 Å². The van der Waals surface area contributed by atoms with Crippen LogP contribution in [0.1, 0.15) is 27.8 Å². The Kier molecular flexibility index (Phi) is 4.90. The molecule has 0 aliphatic heterocycles. The van der Waals surface area contributed by atoms with Crippen LogP contribution in [0.25, 0.3) is 0 Å². The van der Waals surface area contributed by atoms with Crippen molar-refractivity contribution in [1.29, 1.82) is 0 Å². The van der Waals surface area contributed by atoms with Crippen LogP contribution in [-0.4, -0.2) is 7.38 Å². The quantitative estimate of drug-likeness (QED) is 0.366. The van der Waals surface area contributed by atoms with Gasteiger partial charge in [0.05, 0.1) is 0 Å². The third-order valence-electron chi connectivity index (χ3n) is 5.12. The van der Waals surface area contributed by atoms with Crippen LogP contribution in [0.2, 0.25) is 0 Å². The van der Waals surface area contributed by atoms with E-state index in [0.717, 1.165) is 0 Å². The molecule has 0 saturated carbocycles. The number of aryl methyl sites for hydroxylation is 4. The minimum atomic E-state index is -2.55. The second kappa shape index (κ2) is 6.82. The molecule has 0 aromatic heterocycles. The molecule has 0 fully saturated rings. The zero-order valence-electron chi connectivity index (χ0n) is 15.7. The largest absolute Gasteiger partial charge is 0.247 e. The molecule has 3 aromatic carbocycles. The zero-order chi connectivity index (χ0) is 18.2. The van der Waals surface area contributed by atoms with Gasteiger partial charge in [-0.25, -0.2) is 0 Å². The highest BCUT2D eigenvalue weighted by Crippen LogP contribution is 2.18. The van der Waals surface area contributed by atoms with E-state index in [9.17, 15) is 0 Å². The summed E-state index contributed by atoms with van der Waals surface area (Å²) in [6.45, 7) is 10.9. The zero-order valence-corrected chi connectivity index (χ0v) is 17.4. The molecule has 0 nitrogen and oxygen atoms in total. The van der Waals surface area contributed by atoms with Gasteiger partial charge in [0.25, 0.3) is 0 Å². The van der Waals surface area contributed by atoms with Crippen molar-refractivity contribution in [3.8, 4) is 0 Å². The smallest absolute Gasteiger partial charge is 0.149 e. The fraction of sp³-hybridized carbons (Fsp3) is 0.217. The van der Waals surface area contributed by atoms with Crippen LogP contribution in [0.4, 0.5) is 0 Å². The Morgan fingerprint density at radius 2 is 1.08 bits per heavy atom. The summed E-state index contributed by atoms with van der Waals surface area (Å²) in [7, 11) is -2.55. The summed E-state index contributed by atoms with van der Waals surface area (Å²) in [6, 6.07) is 22.0. The summed E-state index contributed by atoms with van der Waals surface area (Å²) in [6.07, 6.45) is 0. The lowest BCUT2D eigenvalue weighted by atomic mass is 10.1. The molecule has 2 heteroatoms. The lowest BCUT2D eigenvalue weighted by Gasteiger charge is -2.28. The summed E-state index contributed by atoms with van der Waals surface area (Å²) in [5.74, 6) is 0. The van der Waals surface area contributed by atoms with E-state index in [0.29, 0.717) is 0 Å². The SMILES string of the molecule is Cc1cc(C)cc([Si](Cl)(c2ccccc2)c2cc(C)c(C)c(C)c2)c1. The van der Waals surface area contributed by atoms with Crippen molar-refractivity contribution < 1.29 is 0 Å². The Labute approximate surface area is 157 Å². The number of hydrogen-bond acceptors (Lipinski definition) is 0. The van der Waals surface area contributed by atoms with Crippen molar-refractivity contribution in [3.63, 3.8) is 0 Å². The van der Waals surface area contributed by atoms with Crippen molar-refractivity contribution in [2.45, 2.75) is 34.6 Å². The van der Waals surface area contributed by atoms with E-state index >= 15 is 0 Å². The second-order valence-corrected chi connectivity index (χ2v) is 11.9. The van der Waals surface area contributed by atoms with Crippen molar-refractivity contribution in [2.24, 2.45) is 0 Å². The van der Waals surface area contributed by atoms with Gasteiger partial charge in [-0.3, -0.25) is 0 Å². The Hall–Kier alpha value is -1.83. The maximum Gasteiger partial charge on any atom is 0.247 e. The molecule has 0 spiro atoms. The normalized spacial score (nSPS) is 13.5. The molecule has 25 heavy (non-hydrogen) atoms. The van der Waals surface area contributed by atoms with E-state index in [4.69, 9.17) is 11.1 Å². The average Bonchev–Trinajstić information content (AvgIpc) is 2.58. The highest BCUT2D eigenvalue weighted by Gasteiger charge is 2.38. The summed E-state index contributed by atoms with van der Waals surface area (Å²) in [4.78, 5) is 0. The van der Waals surface area contributed by atoms with Gasteiger partial charge in [0.1, 0.15) is 0 Å². The van der Waals surface area contributed by atoms with Gasteiger partial charge >= 0.3 is 0 Å². The van der Waals surface area contributed by atoms with Gasteiger partial charge < -0.3 is 0 Å². The molecule has 3 aromatic rings. The molecule has 0 aliphatic rings. The van der Waals surface area contributed by atoms with Crippen LogP contribution in [0, 0.1) is 34.6 Å². The molecule has 0 N–H and O–H groups in total. The van der Waals surface area contributed by atoms with Crippen LogP contribution in [-0.2, 0) is 0 Å². The molecule has 1 unspecified atom stereocenters. The van der Waals surface area contributed by atoms with Gasteiger partial charge in [0.15, 0.2) is 0 Å². The third kappa shape index (κ3) is 3.31. The summed E-state index contributed by atoms with van der Waals surface area (Å²) in [5, 5.41) is 3.77. The average molecular weight is 365 g/mol. The molecule has 128 valence electrons. The maximum atomic E-state index is 7.59. The van der Waals surface area contributed by atoms with Gasteiger partial charge in [-0.2, -0.15) is 0 Å². The fourth-order valence-electron chi connectivity index (χ4n) is 3.58. The topological polar surface area (TPSA) is 0 Å². The Morgan fingerprint density at radius 3 is 1.60 bits per heavy atom. The first-order valence-electron chi connectivity index (χ1n) is 8.74. The minimum Gasteiger partial charge on any atom is -0.149 e. The van der Waals surface area contributed by atoms with Crippen molar-refractivity contribution in [3.05, 3.63) is 88.5 Å². The molecule has 0 bridgehead atoms. The predicted molar refractivity (Wildman–Crippen MR) is 114 cm³/mol. The first-order chi connectivity index (χ1) is 11.8. The molecule has 0 amide bonds. The molecule has 0 radical (unpaired) electrons. The van der Waals surface area contributed by atoms with Crippen LogP contribution in [0.15, 0.2) is 60.7 Å². The van der Waals surface area contributed by atoms with Crippen LogP contribution in [0.5, 0.6) is 0 Å². The second-order valence-electron chi connectivity index (χ2n) is 7.14. The number of benzene rings is 3. The lowest BCUT2D eigenvalue weighted by Crippen LogP contribution is -2.63.